The minimum absolute atomic E-state index is 0.0508. The molecular weight excluding hydrogens is 297 g/mol. The van der Waals surface area contributed by atoms with Crippen molar-refractivity contribution in [3.8, 4) is 0 Å². The van der Waals surface area contributed by atoms with Crippen LogP contribution in [0.1, 0.15) is 32.3 Å². The molecule has 1 fully saturated rings. The molecule has 3 nitrogen and oxygen atoms in total. The van der Waals surface area contributed by atoms with E-state index < -0.39 is 11.9 Å². The minimum Gasteiger partial charge on any atom is -0.481 e. The molecule has 1 aromatic carbocycles. The molecular formula is C15H19Cl2NO2. The van der Waals surface area contributed by atoms with Gasteiger partial charge in [-0.1, -0.05) is 23.2 Å². The van der Waals surface area contributed by atoms with Crippen molar-refractivity contribution in [2.24, 2.45) is 5.92 Å². The van der Waals surface area contributed by atoms with Gasteiger partial charge in [-0.25, -0.2) is 0 Å². The van der Waals surface area contributed by atoms with Crippen molar-refractivity contribution in [3.05, 3.63) is 33.8 Å². The number of aliphatic carboxylic acids is 1. The van der Waals surface area contributed by atoms with E-state index in [0.717, 1.165) is 5.56 Å². The predicted octanol–water partition coefficient (Wildman–Crippen LogP) is 3.89. The highest BCUT2D eigenvalue weighted by Gasteiger charge is 2.42. The smallest absolute Gasteiger partial charge is 0.308 e. The van der Waals surface area contributed by atoms with Crippen LogP contribution in [0.5, 0.6) is 0 Å². The Bertz CT molecular complexity index is 505. The van der Waals surface area contributed by atoms with Gasteiger partial charge in [0.05, 0.1) is 5.92 Å². The van der Waals surface area contributed by atoms with E-state index in [1.807, 2.05) is 12.1 Å². The Balaban J connectivity index is 2.35. The normalized spacial score (nSPS) is 24.1. The second kappa shape index (κ2) is 5.55. The van der Waals surface area contributed by atoms with E-state index in [2.05, 4.69) is 25.7 Å². The number of halogens is 2. The molecule has 0 saturated carbocycles. The first-order chi connectivity index (χ1) is 9.18. The van der Waals surface area contributed by atoms with Gasteiger partial charge in [0, 0.05) is 34.6 Å². The first-order valence-electron chi connectivity index (χ1n) is 6.62. The molecule has 0 spiro atoms. The minimum atomic E-state index is -0.766. The molecule has 1 aliphatic rings. The first kappa shape index (κ1) is 15.6. The summed E-state index contributed by atoms with van der Waals surface area (Å²) in [6.07, 6.45) is 0. The summed E-state index contributed by atoms with van der Waals surface area (Å²) in [4.78, 5) is 13.7. The third kappa shape index (κ3) is 3.27. The molecule has 1 heterocycles. The standard InChI is InChI=1S/C15H19Cl2NO2/c1-15(2,3)18-7-12(13(8-18)14(19)20)9-4-10(16)6-11(17)5-9/h4-6,12-13H,7-8H2,1-3H3,(H,19,20)/t12-,13+/m1/s1. The first-order valence-corrected chi connectivity index (χ1v) is 7.38. The van der Waals surface area contributed by atoms with E-state index in [-0.39, 0.29) is 11.5 Å². The van der Waals surface area contributed by atoms with Crippen molar-refractivity contribution in [1.29, 1.82) is 0 Å². The van der Waals surface area contributed by atoms with Gasteiger partial charge in [0.15, 0.2) is 0 Å². The summed E-state index contributed by atoms with van der Waals surface area (Å²) in [5, 5.41) is 10.6. The van der Waals surface area contributed by atoms with Crippen molar-refractivity contribution >= 4 is 29.2 Å². The van der Waals surface area contributed by atoms with Gasteiger partial charge in [-0.3, -0.25) is 9.69 Å². The fourth-order valence-corrected chi connectivity index (χ4v) is 3.27. The molecule has 1 aliphatic heterocycles. The van der Waals surface area contributed by atoms with Crippen molar-refractivity contribution < 1.29 is 9.90 Å². The second-order valence-electron chi connectivity index (χ2n) is 6.33. The van der Waals surface area contributed by atoms with Crippen molar-refractivity contribution in [2.75, 3.05) is 13.1 Å². The lowest BCUT2D eigenvalue weighted by molar-refractivity contribution is -0.141. The van der Waals surface area contributed by atoms with Crippen LogP contribution in [-0.4, -0.2) is 34.6 Å². The number of rotatable bonds is 2. The topological polar surface area (TPSA) is 40.5 Å². The summed E-state index contributed by atoms with van der Waals surface area (Å²) in [6.45, 7) is 7.54. The van der Waals surface area contributed by atoms with E-state index in [1.165, 1.54) is 0 Å². The summed E-state index contributed by atoms with van der Waals surface area (Å²) < 4.78 is 0. The highest BCUT2D eigenvalue weighted by atomic mass is 35.5. The molecule has 0 amide bonds. The lowest BCUT2D eigenvalue weighted by atomic mass is 9.89. The van der Waals surface area contributed by atoms with Gasteiger partial charge in [0.25, 0.3) is 0 Å². The molecule has 1 N–H and O–H groups in total. The Morgan fingerprint density at radius 1 is 1.20 bits per heavy atom. The molecule has 2 atom stereocenters. The summed E-state index contributed by atoms with van der Waals surface area (Å²) >= 11 is 12.1. The van der Waals surface area contributed by atoms with Crippen molar-refractivity contribution in [1.82, 2.24) is 4.90 Å². The van der Waals surface area contributed by atoms with E-state index in [4.69, 9.17) is 23.2 Å². The van der Waals surface area contributed by atoms with Crippen molar-refractivity contribution in [2.45, 2.75) is 32.2 Å². The van der Waals surface area contributed by atoms with Gasteiger partial charge in [0.1, 0.15) is 0 Å². The molecule has 20 heavy (non-hydrogen) atoms. The number of nitrogens with zero attached hydrogens (tertiary/aromatic N) is 1. The van der Waals surface area contributed by atoms with Crippen LogP contribution in [0.3, 0.4) is 0 Å². The van der Waals surface area contributed by atoms with Crippen LogP contribution < -0.4 is 0 Å². The molecule has 0 radical (unpaired) electrons. The van der Waals surface area contributed by atoms with Crippen molar-refractivity contribution in [3.63, 3.8) is 0 Å². The number of carbonyl (C=O) groups is 1. The summed E-state index contributed by atoms with van der Waals surface area (Å²) in [6, 6.07) is 5.30. The molecule has 1 saturated heterocycles. The monoisotopic (exact) mass is 315 g/mol. The van der Waals surface area contributed by atoms with Crippen LogP contribution in [0.4, 0.5) is 0 Å². The SMILES string of the molecule is CC(C)(C)N1C[C@H](C(=O)O)[C@@H](c2cc(Cl)cc(Cl)c2)C1. The van der Waals surface area contributed by atoms with Crippen LogP contribution in [0, 0.1) is 5.92 Å². The predicted molar refractivity (Wildman–Crippen MR) is 81.7 cm³/mol. The maximum Gasteiger partial charge on any atom is 0.308 e. The zero-order valence-corrected chi connectivity index (χ0v) is 13.4. The van der Waals surface area contributed by atoms with Crippen LogP contribution in [0.25, 0.3) is 0 Å². The largest absolute Gasteiger partial charge is 0.481 e. The van der Waals surface area contributed by atoms with Gasteiger partial charge in [0.2, 0.25) is 0 Å². The van der Waals surface area contributed by atoms with Crippen LogP contribution in [-0.2, 0) is 4.79 Å². The van der Waals surface area contributed by atoms with E-state index >= 15 is 0 Å². The Morgan fingerprint density at radius 3 is 2.20 bits per heavy atom. The second-order valence-corrected chi connectivity index (χ2v) is 7.20. The fraction of sp³-hybridized carbons (Fsp3) is 0.533. The number of carboxylic acid groups (broad SMARTS) is 1. The Kier molecular flexibility index (Phi) is 4.33. The van der Waals surface area contributed by atoms with Gasteiger partial charge < -0.3 is 5.11 Å². The molecule has 0 bridgehead atoms. The number of carboxylic acids is 1. The Labute approximate surface area is 129 Å². The molecule has 110 valence electrons. The number of hydrogen-bond acceptors (Lipinski definition) is 2. The fourth-order valence-electron chi connectivity index (χ4n) is 2.73. The summed E-state index contributed by atoms with van der Waals surface area (Å²) in [5.74, 6) is -1.27. The zero-order valence-electron chi connectivity index (χ0n) is 11.9. The lowest BCUT2D eigenvalue weighted by Crippen LogP contribution is -2.40. The Morgan fingerprint density at radius 2 is 1.75 bits per heavy atom. The van der Waals surface area contributed by atoms with E-state index in [1.54, 1.807) is 6.07 Å². The van der Waals surface area contributed by atoms with Crippen LogP contribution >= 0.6 is 23.2 Å². The third-order valence-electron chi connectivity index (χ3n) is 3.90. The van der Waals surface area contributed by atoms with Crippen LogP contribution in [0.15, 0.2) is 18.2 Å². The number of likely N-dealkylation sites (tertiary alicyclic amines) is 1. The summed E-state index contributed by atoms with van der Waals surface area (Å²) in [7, 11) is 0. The quantitative estimate of drug-likeness (QED) is 0.900. The van der Waals surface area contributed by atoms with Crippen LogP contribution in [0.2, 0.25) is 10.0 Å². The molecule has 5 heteroatoms. The number of benzene rings is 1. The average Bonchev–Trinajstić information content (AvgIpc) is 2.71. The van der Waals surface area contributed by atoms with Gasteiger partial charge in [-0.05, 0) is 44.5 Å². The maximum absolute atomic E-state index is 11.5. The highest BCUT2D eigenvalue weighted by Crippen LogP contribution is 2.38. The highest BCUT2D eigenvalue weighted by molar-refractivity contribution is 6.34. The van der Waals surface area contributed by atoms with E-state index in [9.17, 15) is 9.90 Å². The summed E-state index contributed by atoms with van der Waals surface area (Å²) in [5.41, 5.74) is 0.854. The molecule has 2 rings (SSSR count). The molecule has 0 aromatic heterocycles. The zero-order chi connectivity index (χ0) is 15.1. The van der Waals surface area contributed by atoms with Gasteiger partial charge in [-0.15, -0.1) is 0 Å². The maximum atomic E-state index is 11.5. The Hall–Kier alpha value is -0.770. The molecule has 0 unspecified atom stereocenters. The number of hydrogen-bond donors (Lipinski definition) is 1. The van der Waals surface area contributed by atoms with Gasteiger partial charge >= 0.3 is 5.97 Å². The molecule has 0 aliphatic carbocycles. The third-order valence-corrected chi connectivity index (χ3v) is 4.34. The lowest BCUT2D eigenvalue weighted by Gasteiger charge is -2.31. The average molecular weight is 316 g/mol. The van der Waals surface area contributed by atoms with Gasteiger partial charge in [-0.2, -0.15) is 0 Å². The molecule has 1 aromatic rings. The van der Waals surface area contributed by atoms with E-state index in [0.29, 0.717) is 23.1 Å².